The van der Waals surface area contributed by atoms with Gasteiger partial charge in [-0.25, -0.2) is 25.3 Å². The lowest BCUT2D eigenvalue weighted by Crippen LogP contribution is -3.00. The highest BCUT2D eigenvalue weighted by atomic mass is 127. The smallest absolute Gasteiger partial charge is 0.199 e. The maximum absolute atomic E-state index is 11.9. The quantitative estimate of drug-likeness (QED) is 0.183. The van der Waals surface area contributed by atoms with Crippen molar-refractivity contribution in [2.75, 3.05) is 78.9 Å². The summed E-state index contributed by atoms with van der Waals surface area (Å²) in [5.74, 6) is 0.366. The molecule has 0 atom stereocenters. The normalized spacial score (nSPS) is 9.89. The van der Waals surface area contributed by atoms with Crippen molar-refractivity contribution in [3.63, 3.8) is 0 Å². The standard InChI is InChI=1S/C11H18NO2S.C10H15NO2S.C8H8O2S.C2H7N.CH3I.CH4.HI.S4.S3/c1-12(2,3)9-10-15(13,14)11-7-5-4-6-8-11;1-11(2)8-9-14(12,13)10-6-4-3-5-7-10;1-2-11(9,10)8-6-4-3-5-7-8;1-3-2;1-2;;;1-3-4-2;1-3-2/h4-8H,9-10H2,1-3H3;3-7H,8-9H2,1-2H3;2-7H,1H2;3H,1-2H3;1H3;1H4;1H;;/q+1;;;;;;;;/p-1. The third-order valence-corrected chi connectivity index (χ3v) is 12.4. The van der Waals surface area contributed by atoms with Crippen LogP contribution in [-0.2, 0) is 101 Å². The number of rotatable bonds is 10. The molecule has 0 amide bonds. The molecule has 0 unspecified atom stereocenters. The van der Waals surface area contributed by atoms with Gasteiger partial charge in [-0.1, -0.05) is 91.2 Å². The van der Waals surface area contributed by atoms with Crippen molar-refractivity contribution in [2.24, 2.45) is 0 Å². The van der Waals surface area contributed by atoms with Gasteiger partial charge in [-0.05, 0) is 69.5 Å². The zero-order chi connectivity index (χ0) is 41.3. The summed E-state index contributed by atoms with van der Waals surface area (Å²) in [6.07, 6.45) is 0. The van der Waals surface area contributed by atoms with Gasteiger partial charge in [0, 0.05) is 83.3 Å². The van der Waals surface area contributed by atoms with E-state index in [-0.39, 0.29) is 47.8 Å². The van der Waals surface area contributed by atoms with Crippen LogP contribution in [-0.4, -0.2) is 113 Å². The van der Waals surface area contributed by atoms with E-state index in [0.29, 0.717) is 27.4 Å². The summed E-state index contributed by atoms with van der Waals surface area (Å²) in [5, 5.41) is 3.70. The molecule has 0 heterocycles. The van der Waals surface area contributed by atoms with Crippen LogP contribution in [0.5, 0.6) is 0 Å². The van der Waals surface area contributed by atoms with Gasteiger partial charge in [-0.3, -0.25) is 0 Å². The summed E-state index contributed by atoms with van der Waals surface area (Å²) in [7, 11) is 7.25. The molecule has 3 aromatic rings. The van der Waals surface area contributed by atoms with Crippen LogP contribution in [0.3, 0.4) is 0 Å². The van der Waals surface area contributed by atoms with Gasteiger partial charge in [-0.2, -0.15) is 0 Å². The minimum atomic E-state index is -3.23. The monoisotopic (exact) mass is 1160 g/mol. The zero-order valence-electron chi connectivity index (χ0n) is 31.0. The largest absolute Gasteiger partial charge is 1.00 e. The van der Waals surface area contributed by atoms with E-state index in [9.17, 15) is 25.3 Å². The number of nitrogens with one attached hydrogen (secondary N) is 1. The first kappa shape index (κ1) is 66.0. The molecule has 54 heavy (non-hydrogen) atoms. The van der Waals surface area contributed by atoms with E-state index in [0.717, 1.165) is 14.3 Å². The Balaban J connectivity index is -0.000000138. The SMILES string of the molecule is C.C=CS(=O)(=O)c1ccccc1.CI.CN(C)CCS(=O)(=O)c1ccccc1.CNC.C[N+](C)(C)CCS(=O)(=O)c1ccccc1.S=S=S.S=S=S=S.[I-]. The van der Waals surface area contributed by atoms with Crippen molar-refractivity contribution < 1.29 is 53.7 Å². The molecule has 21 heteroatoms. The van der Waals surface area contributed by atoms with Gasteiger partial charge in [0.15, 0.2) is 29.5 Å². The molecule has 0 saturated heterocycles. The van der Waals surface area contributed by atoms with Crippen LogP contribution >= 0.6 is 22.6 Å². The van der Waals surface area contributed by atoms with Gasteiger partial charge in [0.25, 0.3) is 0 Å². The molecule has 312 valence electrons. The summed E-state index contributed by atoms with van der Waals surface area (Å²) in [6.45, 7) is 4.40. The lowest BCUT2D eigenvalue weighted by Gasteiger charge is -2.23. The Labute approximate surface area is 386 Å². The van der Waals surface area contributed by atoms with E-state index in [1.54, 1.807) is 66.7 Å². The number of sulfone groups is 3. The summed E-state index contributed by atoms with van der Waals surface area (Å²) in [6, 6.07) is 25.3. The highest BCUT2D eigenvalue weighted by molar-refractivity contribution is 14.1. The number of alkyl halides is 1. The molecule has 3 rings (SSSR count). The Hall–Kier alpha value is 0.130. The molecule has 0 spiro atoms. The number of halogens is 2. The number of benzene rings is 3. The fourth-order valence-corrected chi connectivity index (χ4v) is 6.63. The van der Waals surface area contributed by atoms with Gasteiger partial charge < -0.3 is 38.7 Å². The van der Waals surface area contributed by atoms with E-state index < -0.39 is 29.5 Å². The first-order valence-electron chi connectivity index (χ1n) is 14.6. The number of hydrogen-bond acceptors (Lipinski definition) is 12. The highest BCUT2D eigenvalue weighted by Gasteiger charge is 2.18. The number of hydrogen-bond donors (Lipinski definition) is 1. The summed E-state index contributed by atoms with van der Waals surface area (Å²) < 4.78 is 70.0. The molecule has 0 aromatic heterocycles. The van der Waals surface area contributed by atoms with Crippen LogP contribution in [0.4, 0.5) is 0 Å². The minimum absolute atomic E-state index is 0. The average Bonchev–Trinajstić information content (AvgIpc) is 3.13. The second-order valence-corrected chi connectivity index (χ2v) is 22.2. The van der Waals surface area contributed by atoms with E-state index >= 15 is 0 Å². The molecule has 0 bridgehead atoms. The zero-order valence-corrected chi connectivity index (χ0v) is 43.4. The van der Waals surface area contributed by atoms with E-state index in [4.69, 9.17) is 0 Å². The van der Waals surface area contributed by atoms with Gasteiger partial charge in [-0.15, -0.1) is 0 Å². The predicted molar refractivity (Wildman–Crippen MR) is 255 cm³/mol. The molecule has 0 saturated carbocycles. The molecule has 0 fully saturated rings. The van der Waals surface area contributed by atoms with Crippen molar-refractivity contribution >= 4 is 123 Å². The van der Waals surface area contributed by atoms with Crippen LogP contribution in [0.15, 0.2) is 118 Å². The maximum Gasteiger partial charge on any atom is 0.199 e. The van der Waals surface area contributed by atoms with Crippen molar-refractivity contribution in [3.05, 3.63) is 103 Å². The topological polar surface area (TPSA) is 118 Å². The second kappa shape index (κ2) is 39.9. The number of nitrogens with zero attached hydrogens (tertiary/aromatic N) is 2. The Bertz CT molecular complexity index is 1790. The van der Waals surface area contributed by atoms with Crippen LogP contribution in [0.25, 0.3) is 0 Å². The lowest BCUT2D eigenvalue weighted by atomic mass is 10.4. The Kier molecular flexibility index (Phi) is 48.8. The molecule has 0 radical (unpaired) electrons. The Morgan fingerprint density at radius 2 is 0.963 bits per heavy atom. The second-order valence-electron chi connectivity index (χ2n) is 10.8. The van der Waals surface area contributed by atoms with Crippen molar-refractivity contribution in [1.29, 1.82) is 0 Å². The Morgan fingerprint density at radius 3 is 1.20 bits per heavy atom. The van der Waals surface area contributed by atoms with Gasteiger partial charge in [0.1, 0.15) is 5.75 Å². The third-order valence-electron chi connectivity index (χ3n) is 5.36. The van der Waals surface area contributed by atoms with E-state index in [1.807, 2.05) is 71.3 Å². The van der Waals surface area contributed by atoms with Crippen LogP contribution in [0.2, 0.25) is 0 Å². The maximum atomic E-state index is 11.9. The molecule has 0 aliphatic rings. The first-order valence-corrected chi connectivity index (χ1v) is 28.3. The van der Waals surface area contributed by atoms with Crippen molar-refractivity contribution in [2.45, 2.75) is 22.1 Å². The van der Waals surface area contributed by atoms with Crippen molar-refractivity contribution in [3.8, 4) is 0 Å². The molecule has 9 nitrogen and oxygen atoms in total. The van der Waals surface area contributed by atoms with Crippen molar-refractivity contribution in [1.82, 2.24) is 10.2 Å². The van der Waals surface area contributed by atoms with Gasteiger partial charge >= 0.3 is 0 Å². The minimum Gasteiger partial charge on any atom is -1.00 e. The van der Waals surface area contributed by atoms with Gasteiger partial charge in [0.05, 0.1) is 48.1 Å². The summed E-state index contributed by atoms with van der Waals surface area (Å²) in [4.78, 5) is 4.94. The lowest BCUT2D eigenvalue weighted by molar-refractivity contribution is -0.867. The van der Waals surface area contributed by atoms with Crippen LogP contribution in [0.1, 0.15) is 7.43 Å². The predicted octanol–water partition coefficient (Wildman–Crippen LogP) is 2.30. The molecule has 3 aromatic carbocycles. The first-order chi connectivity index (χ1) is 24.2. The molecule has 0 aliphatic carbocycles. The molecule has 1 N–H and O–H groups in total. The van der Waals surface area contributed by atoms with E-state index in [1.165, 1.54) is 29.9 Å². The number of quaternary nitrogens is 1. The fraction of sp³-hybridized carbons (Fsp3) is 0.394. The highest BCUT2D eigenvalue weighted by Crippen LogP contribution is 2.12. The van der Waals surface area contributed by atoms with Gasteiger partial charge in [0.2, 0.25) is 0 Å². The fourth-order valence-electron chi connectivity index (χ4n) is 2.89. The average molecular weight is 1160 g/mol. The molecular formula is C33H55I2N3O6S10. The van der Waals surface area contributed by atoms with Crippen LogP contribution < -0.4 is 29.3 Å². The molecule has 0 aliphatic heterocycles. The van der Waals surface area contributed by atoms with Crippen LogP contribution in [0, 0.1) is 0 Å². The molecular weight excluding hydrogens is 1110 g/mol. The van der Waals surface area contributed by atoms with E-state index in [2.05, 4.69) is 79.2 Å². The summed E-state index contributed by atoms with van der Waals surface area (Å²) >= 11 is 19.1. The third kappa shape index (κ3) is 39.0. The summed E-state index contributed by atoms with van der Waals surface area (Å²) in [5.41, 5.74) is 0. The Morgan fingerprint density at radius 1 is 0.685 bits per heavy atom.